The van der Waals surface area contributed by atoms with Crippen molar-refractivity contribution in [3.05, 3.63) is 108 Å². The van der Waals surface area contributed by atoms with Gasteiger partial charge in [0.2, 0.25) is 0 Å². The summed E-state index contributed by atoms with van der Waals surface area (Å²) in [4.78, 5) is 26.8. The minimum absolute atomic E-state index is 0.0612. The molecule has 0 amide bonds. The van der Waals surface area contributed by atoms with E-state index in [-0.39, 0.29) is 17.8 Å². The van der Waals surface area contributed by atoms with Crippen molar-refractivity contribution < 1.29 is 19.1 Å². The molecular weight excluding hydrogens is 412 g/mol. The molecule has 2 atom stereocenters. The maximum Gasteiger partial charge on any atom is 0.339 e. The molecule has 0 N–H and O–H groups in total. The van der Waals surface area contributed by atoms with Crippen LogP contribution in [0.15, 0.2) is 91.0 Å². The second-order valence-corrected chi connectivity index (χ2v) is 9.27. The second-order valence-electron chi connectivity index (χ2n) is 9.27. The van der Waals surface area contributed by atoms with Crippen molar-refractivity contribution in [3.63, 3.8) is 0 Å². The fraction of sp³-hybridized carbons (Fsp3) is 0.310. The van der Waals surface area contributed by atoms with Gasteiger partial charge in [0.05, 0.1) is 11.1 Å². The van der Waals surface area contributed by atoms with Gasteiger partial charge in [-0.3, -0.25) is 0 Å². The standard InChI is InChI=1S/C29H28O4/c1-28(32-26(30)21-11-5-2-6-12-21)23-17-19-25(20-18-23)29(28,24-15-9-4-10-16-24)33-27(31)22-13-7-3-8-14-22/h2-16,23,25H,17-20H2,1H3. The van der Waals surface area contributed by atoms with E-state index in [1.165, 1.54) is 0 Å². The Morgan fingerprint density at radius 1 is 0.636 bits per heavy atom. The van der Waals surface area contributed by atoms with E-state index in [1.807, 2.05) is 73.7 Å². The molecule has 0 saturated heterocycles. The summed E-state index contributed by atoms with van der Waals surface area (Å²) < 4.78 is 12.9. The number of hydrogen-bond donors (Lipinski definition) is 0. The number of benzene rings is 3. The van der Waals surface area contributed by atoms with E-state index in [0.717, 1.165) is 31.2 Å². The monoisotopic (exact) mass is 440 g/mol. The van der Waals surface area contributed by atoms with Crippen LogP contribution in [0.4, 0.5) is 0 Å². The Balaban J connectivity index is 1.63. The van der Waals surface area contributed by atoms with E-state index in [1.54, 1.807) is 24.3 Å². The Bertz CT molecular complexity index is 1120. The maximum atomic E-state index is 13.4. The van der Waals surface area contributed by atoms with Gasteiger partial charge in [-0.05, 0) is 62.4 Å². The van der Waals surface area contributed by atoms with Gasteiger partial charge in [0, 0.05) is 11.8 Å². The Hall–Kier alpha value is -3.40. The van der Waals surface area contributed by atoms with Crippen molar-refractivity contribution in [1.82, 2.24) is 0 Å². The summed E-state index contributed by atoms with van der Waals surface area (Å²) in [6.45, 7) is 1.97. The number of esters is 2. The summed E-state index contributed by atoms with van der Waals surface area (Å²) in [5.74, 6) is -0.624. The van der Waals surface area contributed by atoms with Crippen molar-refractivity contribution >= 4 is 11.9 Å². The molecule has 2 bridgehead atoms. The first kappa shape index (κ1) is 21.4. The van der Waals surface area contributed by atoms with Crippen LogP contribution in [0.25, 0.3) is 0 Å². The molecule has 3 aliphatic carbocycles. The molecule has 3 aromatic carbocycles. The number of rotatable bonds is 5. The van der Waals surface area contributed by atoms with Gasteiger partial charge >= 0.3 is 11.9 Å². The smallest absolute Gasteiger partial charge is 0.339 e. The fourth-order valence-corrected chi connectivity index (χ4v) is 5.98. The third kappa shape index (κ3) is 3.54. The lowest BCUT2D eigenvalue weighted by Crippen LogP contribution is -2.67. The van der Waals surface area contributed by atoms with Crippen LogP contribution in [0.5, 0.6) is 0 Å². The molecule has 6 rings (SSSR count). The van der Waals surface area contributed by atoms with Crippen molar-refractivity contribution in [2.45, 2.75) is 43.8 Å². The minimum atomic E-state index is -1.06. The third-order valence-corrected chi connectivity index (χ3v) is 7.60. The molecular formula is C29H28O4. The van der Waals surface area contributed by atoms with E-state index in [0.29, 0.717) is 11.1 Å². The highest BCUT2D eigenvalue weighted by Crippen LogP contribution is 2.61. The summed E-state index contributed by atoms with van der Waals surface area (Å²) >= 11 is 0. The van der Waals surface area contributed by atoms with Gasteiger partial charge in [0.25, 0.3) is 0 Å². The molecule has 0 aliphatic heterocycles. The molecule has 3 aliphatic rings. The van der Waals surface area contributed by atoms with Gasteiger partial charge in [-0.15, -0.1) is 0 Å². The highest BCUT2D eigenvalue weighted by Gasteiger charge is 2.67. The Morgan fingerprint density at radius 3 is 1.58 bits per heavy atom. The molecule has 3 fully saturated rings. The Kier molecular flexibility index (Phi) is 5.53. The van der Waals surface area contributed by atoms with Crippen LogP contribution in [-0.4, -0.2) is 17.5 Å². The summed E-state index contributed by atoms with van der Waals surface area (Å²) in [6, 6.07) is 27.9. The highest BCUT2D eigenvalue weighted by molar-refractivity contribution is 5.91. The third-order valence-electron chi connectivity index (χ3n) is 7.60. The molecule has 0 heterocycles. The molecule has 4 nitrogen and oxygen atoms in total. The lowest BCUT2D eigenvalue weighted by atomic mass is 9.52. The molecule has 0 aromatic heterocycles. The first-order chi connectivity index (χ1) is 16.0. The van der Waals surface area contributed by atoms with Gasteiger partial charge in [0.15, 0.2) is 11.2 Å². The lowest BCUT2D eigenvalue weighted by Gasteiger charge is -2.61. The fourth-order valence-electron chi connectivity index (χ4n) is 5.98. The quantitative estimate of drug-likeness (QED) is 0.445. The molecule has 0 radical (unpaired) electrons. The van der Waals surface area contributed by atoms with Gasteiger partial charge in [0.1, 0.15) is 0 Å². The van der Waals surface area contributed by atoms with E-state index in [2.05, 4.69) is 0 Å². The summed E-state index contributed by atoms with van der Waals surface area (Å²) in [6.07, 6.45) is 3.75. The number of hydrogen-bond acceptors (Lipinski definition) is 4. The first-order valence-electron chi connectivity index (χ1n) is 11.7. The molecule has 0 spiro atoms. The lowest BCUT2D eigenvalue weighted by molar-refractivity contribution is -0.250. The highest BCUT2D eigenvalue weighted by atomic mass is 16.6. The first-order valence-corrected chi connectivity index (χ1v) is 11.7. The summed E-state index contributed by atoms with van der Waals surface area (Å²) in [5.41, 5.74) is -0.186. The zero-order valence-corrected chi connectivity index (χ0v) is 18.8. The van der Waals surface area contributed by atoms with Crippen molar-refractivity contribution in [2.75, 3.05) is 0 Å². The van der Waals surface area contributed by atoms with E-state index >= 15 is 0 Å². The normalized spacial score (nSPS) is 28.2. The average Bonchev–Trinajstić information content (AvgIpc) is 2.88. The minimum Gasteiger partial charge on any atom is -0.451 e. The topological polar surface area (TPSA) is 52.6 Å². The average molecular weight is 441 g/mol. The van der Waals surface area contributed by atoms with Crippen LogP contribution in [0, 0.1) is 11.8 Å². The molecule has 4 heteroatoms. The van der Waals surface area contributed by atoms with Gasteiger partial charge in [-0.1, -0.05) is 66.7 Å². The Morgan fingerprint density at radius 2 is 1.06 bits per heavy atom. The van der Waals surface area contributed by atoms with Gasteiger partial charge in [-0.2, -0.15) is 0 Å². The van der Waals surface area contributed by atoms with E-state index < -0.39 is 17.2 Å². The summed E-state index contributed by atoms with van der Waals surface area (Å²) in [5, 5.41) is 0. The zero-order valence-electron chi connectivity index (χ0n) is 18.8. The van der Waals surface area contributed by atoms with Gasteiger partial charge < -0.3 is 9.47 Å². The van der Waals surface area contributed by atoms with E-state index in [4.69, 9.17) is 9.47 Å². The molecule has 2 unspecified atom stereocenters. The Labute approximate surface area is 194 Å². The van der Waals surface area contributed by atoms with Crippen molar-refractivity contribution in [3.8, 4) is 0 Å². The number of ether oxygens (including phenoxy) is 2. The maximum absolute atomic E-state index is 13.4. The van der Waals surface area contributed by atoms with Crippen LogP contribution in [0.1, 0.15) is 58.9 Å². The van der Waals surface area contributed by atoms with Crippen LogP contribution >= 0.6 is 0 Å². The van der Waals surface area contributed by atoms with Crippen molar-refractivity contribution in [2.24, 2.45) is 11.8 Å². The second kappa shape index (κ2) is 8.51. The van der Waals surface area contributed by atoms with Crippen LogP contribution in [0.3, 0.4) is 0 Å². The number of fused-ring (bicyclic) bond motifs is 3. The SMILES string of the molecule is CC1(OC(=O)c2ccccc2)C2CCC(CC2)C1(OC(=O)c1ccccc1)c1ccccc1. The molecule has 33 heavy (non-hydrogen) atoms. The van der Waals surface area contributed by atoms with Crippen LogP contribution in [0.2, 0.25) is 0 Å². The van der Waals surface area contributed by atoms with Gasteiger partial charge in [-0.25, -0.2) is 9.59 Å². The largest absolute Gasteiger partial charge is 0.451 e. The van der Waals surface area contributed by atoms with Crippen LogP contribution < -0.4 is 0 Å². The summed E-state index contributed by atoms with van der Waals surface area (Å²) in [7, 11) is 0. The number of carbonyl (C=O) groups is 2. The predicted octanol–water partition coefficient (Wildman–Crippen LogP) is 6.17. The van der Waals surface area contributed by atoms with E-state index in [9.17, 15) is 9.59 Å². The molecule has 3 aromatic rings. The number of carbonyl (C=O) groups excluding carboxylic acids is 2. The van der Waals surface area contributed by atoms with Crippen molar-refractivity contribution in [1.29, 1.82) is 0 Å². The molecule has 168 valence electrons. The molecule has 3 saturated carbocycles. The zero-order chi connectivity index (χ0) is 22.9. The van der Waals surface area contributed by atoms with Crippen LogP contribution in [-0.2, 0) is 15.1 Å². The predicted molar refractivity (Wildman–Crippen MR) is 126 cm³/mol.